The van der Waals surface area contributed by atoms with Gasteiger partial charge < -0.3 is 5.32 Å². The normalized spacial score (nSPS) is 23.7. The molecule has 0 unspecified atom stereocenters. The SMILES string of the molecule is FC(F)(F)C1CCC(Nc2c(Br)cc(Br)cc2Br)CC1. The molecule has 20 heavy (non-hydrogen) atoms. The number of alkyl halides is 3. The van der Waals surface area contributed by atoms with Crippen LogP contribution in [0, 0.1) is 5.92 Å². The maximum Gasteiger partial charge on any atom is 0.391 e. The first-order valence-corrected chi connectivity index (χ1v) is 8.63. The van der Waals surface area contributed by atoms with Crippen molar-refractivity contribution in [3.05, 3.63) is 25.6 Å². The van der Waals surface area contributed by atoms with Crippen LogP contribution < -0.4 is 5.32 Å². The van der Waals surface area contributed by atoms with Gasteiger partial charge in [-0.15, -0.1) is 0 Å². The molecule has 0 bridgehead atoms. The molecule has 0 spiro atoms. The summed E-state index contributed by atoms with van der Waals surface area (Å²) in [7, 11) is 0. The molecule has 1 aromatic rings. The number of anilines is 1. The van der Waals surface area contributed by atoms with Crippen molar-refractivity contribution in [3.8, 4) is 0 Å². The van der Waals surface area contributed by atoms with Crippen molar-refractivity contribution in [2.45, 2.75) is 37.9 Å². The van der Waals surface area contributed by atoms with Crippen molar-refractivity contribution < 1.29 is 13.2 Å². The number of rotatable bonds is 2. The van der Waals surface area contributed by atoms with E-state index in [0.29, 0.717) is 12.8 Å². The van der Waals surface area contributed by atoms with Gasteiger partial charge in [-0.2, -0.15) is 13.2 Å². The van der Waals surface area contributed by atoms with Gasteiger partial charge in [0.25, 0.3) is 0 Å². The Morgan fingerprint density at radius 3 is 1.90 bits per heavy atom. The van der Waals surface area contributed by atoms with Crippen LogP contribution in [0.25, 0.3) is 0 Å². The van der Waals surface area contributed by atoms with Crippen molar-refractivity contribution in [1.82, 2.24) is 0 Å². The Morgan fingerprint density at radius 1 is 0.950 bits per heavy atom. The van der Waals surface area contributed by atoms with Gasteiger partial charge in [-0.3, -0.25) is 0 Å². The summed E-state index contributed by atoms with van der Waals surface area (Å²) in [5.41, 5.74) is 0.892. The molecule has 0 aromatic heterocycles. The number of benzene rings is 1. The molecule has 2 rings (SSSR count). The number of halogens is 6. The maximum atomic E-state index is 12.6. The molecular weight excluding hydrogens is 467 g/mol. The zero-order valence-electron chi connectivity index (χ0n) is 10.4. The Bertz CT molecular complexity index is 459. The van der Waals surface area contributed by atoms with E-state index >= 15 is 0 Å². The Labute approximate surface area is 141 Å². The summed E-state index contributed by atoms with van der Waals surface area (Å²) < 4.78 is 40.6. The molecule has 0 heterocycles. The van der Waals surface area contributed by atoms with Crippen LogP contribution in [0.3, 0.4) is 0 Å². The number of nitrogens with one attached hydrogen (secondary N) is 1. The first-order chi connectivity index (χ1) is 9.27. The highest BCUT2D eigenvalue weighted by atomic mass is 79.9. The zero-order valence-corrected chi connectivity index (χ0v) is 15.2. The molecule has 0 aliphatic heterocycles. The van der Waals surface area contributed by atoms with Gasteiger partial charge >= 0.3 is 6.18 Å². The quantitative estimate of drug-likeness (QED) is 0.510. The molecule has 0 amide bonds. The average Bonchev–Trinajstić information content (AvgIpc) is 2.33. The van der Waals surface area contributed by atoms with Crippen LogP contribution in [0.1, 0.15) is 25.7 Å². The predicted octanol–water partition coefficient (Wildman–Crippen LogP) is 6.51. The standard InChI is InChI=1S/C13H13Br3F3N/c14-8-5-10(15)12(11(16)6-8)20-9-3-1-7(2-4-9)13(17,18)19/h5-7,9,20H,1-4H2. The summed E-state index contributed by atoms with van der Waals surface area (Å²) in [6, 6.07) is 3.91. The van der Waals surface area contributed by atoms with Crippen molar-refractivity contribution in [2.24, 2.45) is 5.92 Å². The van der Waals surface area contributed by atoms with Crippen molar-refractivity contribution in [3.63, 3.8) is 0 Å². The van der Waals surface area contributed by atoms with Gasteiger partial charge in [0.05, 0.1) is 11.6 Å². The van der Waals surface area contributed by atoms with Crippen LogP contribution in [0.5, 0.6) is 0 Å². The van der Waals surface area contributed by atoms with Crippen LogP contribution >= 0.6 is 47.8 Å². The van der Waals surface area contributed by atoms with Gasteiger partial charge in [0.15, 0.2) is 0 Å². The second-order valence-corrected chi connectivity index (χ2v) is 7.60. The molecule has 0 saturated heterocycles. The average molecular weight is 480 g/mol. The summed E-state index contributed by atoms with van der Waals surface area (Å²) in [4.78, 5) is 0. The fraction of sp³-hybridized carbons (Fsp3) is 0.538. The molecular formula is C13H13Br3F3N. The van der Waals surface area contributed by atoms with Crippen molar-refractivity contribution in [1.29, 1.82) is 0 Å². The summed E-state index contributed by atoms with van der Waals surface area (Å²) in [6.07, 6.45) is -2.57. The van der Waals surface area contributed by atoms with Gasteiger partial charge in [-0.05, 0) is 69.7 Å². The lowest BCUT2D eigenvalue weighted by atomic mass is 9.85. The van der Waals surface area contributed by atoms with E-state index in [4.69, 9.17) is 0 Å². The highest BCUT2D eigenvalue weighted by molar-refractivity contribution is 9.11. The molecule has 1 aromatic carbocycles. The Hall–Kier alpha value is 0.250. The second-order valence-electron chi connectivity index (χ2n) is 4.98. The Balaban J connectivity index is 2.00. The maximum absolute atomic E-state index is 12.6. The molecule has 1 nitrogen and oxygen atoms in total. The van der Waals surface area contributed by atoms with E-state index in [9.17, 15) is 13.2 Å². The third-order valence-corrected chi connectivity index (χ3v) is 5.25. The van der Waals surface area contributed by atoms with Crippen LogP contribution in [0.4, 0.5) is 18.9 Å². The molecule has 1 aliphatic rings. The van der Waals surface area contributed by atoms with E-state index < -0.39 is 12.1 Å². The molecule has 0 atom stereocenters. The monoisotopic (exact) mass is 477 g/mol. The minimum atomic E-state index is -4.05. The highest BCUT2D eigenvalue weighted by Crippen LogP contribution is 2.40. The minimum absolute atomic E-state index is 0.0855. The van der Waals surface area contributed by atoms with Gasteiger partial charge in [0, 0.05) is 19.5 Å². The molecule has 0 radical (unpaired) electrons. The van der Waals surface area contributed by atoms with Gasteiger partial charge in [-0.1, -0.05) is 15.9 Å². The lowest BCUT2D eigenvalue weighted by Gasteiger charge is -2.31. The molecule has 1 N–H and O–H groups in total. The third-order valence-electron chi connectivity index (χ3n) is 3.55. The first kappa shape index (κ1) is 16.6. The van der Waals surface area contributed by atoms with E-state index in [1.807, 2.05) is 12.1 Å². The van der Waals surface area contributed by atoms with E-state index in [1.165, 1.54) is 0 Å². The molecule has 1 aliphatic carbocycles. The Morgan fingerprint density at radius 2 is 1.45 bits per heavy atom. The number of hydrogen-bond donors (Lipinski definition) is 1. The van der Waals surface area contributed by atoms with E-state index in [-0.39, 0.29) is 18.9 Å². The summed E-state index contributed by atoms with van der Waals surface area (Å²) in [6.45, 7) is 0. The third kappa shape index (κ3) is 4.13. The Kier molecular flexibility index (Phi) is 5.46. The van der Waals surface area contributed by atoms with Gasteiger partial charge in [0.1, 0.15) is 0 Å². The number of hydrogen-bond acceptors (Lipinski definition) is 1. The summed E-state index contributed by atoms with van der Waals surface area (Å²) >= 11 is 10.3. The zero-order chi connectivity index (χ0) is 14.9. The molecule has 1 saturated carbocycles. The second kappa shape index (κ2) is 6.57. The van der Waals surface area contributed by atoms with Crippen LogP contribution in [0.2, 0.25) is 0 Å². The predicted molar refractivity (Wildman–Crippen MR) is 85.0 cm³/mol. The van der Waals surface area contributed by atoms with Crippen LogP contribution in [-0.4, -0.2) is 12.2 Å². The van der Waals surface area contributed by atoms with Crippen molar-refractivity contribution in [2.75, 3.05) is 5.32 Å². The lowest BCUT2D eigenvalue weighted by molar-refractivity contribution is -0.182. The molecule has 1 fully saturated rings. The largest absolute Gasteiger partial charge is 0.391 e. The van der Waals surface area contributed by atoms with E-state index in [1.54, 1.807) is 0 Å². The molecule has 7 heteroatoms. The first-order valence-electron chi connectivity index (χ1n) is 6.25. The van der Waals surface area contributed by atoms with Crippen molar-refractivity contribution >= 4 is 53.5 Å². The van der Waals surface area contributed by atoms with Crippen LogP contribution in [0.15, 0.2) is 25.6 Å². The fourth-order valence-electron chi connectivity index (χ4n) is 2.45. The van der Waals surface area contributed by atoms with Crippen LogP contribution in [-0.2, 0) is 0 Å². The molecule has 112 valence electrons. The fourth-order valence-corrected chi connectivity index (χ4v) is 4.94. The highest BCUT2D eigenvalue weighted by Gasteiger charge is 2.41. The smallest absolute Gasteiger partial charge is 0.380 e. The lowest BCUT2D eigenvalue weighted by Crippen LogP contribution is -2.32. The summed E-state index contributed by atoms with van der Waals surface area (Å²) in [5.74, 6) is -1.14. The van der Waals surface area contributed by atoms with Gasteiger partial charge in [-0.25, -0.2) is 0 Å². The summed E-state index contributed by atoms with van der Waals surface area (Å²) in [5, 5.41) is 3.33. The minimum Gasteiger partial charge on any atom is -0.380 e. The van der Waals surface area contributed by atoms with Gasteiger partial charge in [0.2, 0.25) is 0 Å². The van der Waals surface area contributed by atoms with E-state index in [0.717, 1.165) is 19.1 Å². The van der Waals surface area contributed by atoms with E-state index in [2.05, 4.69) is 53.1 Å². The topological polar surface area (TPSA) is 12.0 Å².